The van der Waals surface area contributed by atoms with Crippen molar-refractivity contribution in [2.45, 2.75) is 32.0 Å². The van der Waals surface area contributed by atoms with Crippen molar-refractivity contribution < 1.29 is 18.0 Å². The number of halogens is 3. The highest BCUT2D eigenvalue weighted by molar-refractivity contribution is 5.77. The maximum absolute atomic E-state index is 12.8. The van der Waals surface area contributed by atoms with Crippen molar-refractivity contribution in [3.8, 4) is 0 Å². The van der Waals surface area contributed by atoms with Gasteiger partial charge >= 0.3 is 6.18 Å². The molecule has 0 spiro atoms. The Balaban J connectivity index is 4.76. The van der Waals surface area contributed by atoms with Gasteiger partial charge in [0.2, 0.25) is 5.91 Å². The summed E-state index contributed by atoms with van der Waals surface area (Å²) in [5, 5.41) is 2.32. The number of carbonyl (C=O) groups excluding carboxylic acids is 1. The summed E-state index contributed by atoms with van der Waals surface area (Å²) >= 11 is 0. The van der Waals surface area contributed by atoms with E-state index in [-0.39, 0.29) is 26.1 Å². The summed E-state index contributed by atoms with van der Waals surface area (Å²) in [6.45, 7) is 1.68. The van der Waals surface area contributed by atoms with E-state index >= 15 is 0 Å². The second-order valence-corrected chi connectivity index (χ2v) is 3.78. The molecule has 1 atom stereocenters. The fraction of sp³-hybridized carbons (Fsp3) is 0.900. The Hall–Kier alpha value is -0.820. The van der Waals surface area contributed by atoms with Gasteiger partial charge in [0.15, 0.2) is 0 Å². The minimum absolute atomic E-state index is 0.0574. The van der Waals surface area contributed by atoms with Crippen molar-refractivity contribution in [1.29, 1.82) is 0 Å². The van der Waals surface area contributed by atoms with Crippen LogP contribution in [-0.4, -0.2) is 49.7 Å². The predicted octanol–water partition coefficient (Wildman–Crippen LogP) is 0.724. The molecule has 0 aliphatic carbocycles. The van der Waals surface area contributed by atoms with Crippen molar-refractivity contribution in [2.24, 2.45) is 5.73 Å². The Kier molecular flexibility index (Phi) is 7.13. The Morgan fingerprint density at radius 2 is 2.06 bits per heavy atom. The lowest BCUT2D eigenvalue weighted by Gasteiger charge is -2.32. The first-order chi connectivity index (χ1) is 7.86. The van der Waals surface area contributed by atoms with Crippen LogP contribution in [0.25, 0.3) is 0 Å². The molecule has 0 bridgehead atoms. The van der Waals surface area contributed by atoms with Crippen molar-refractivity contribution in [2.75, 3.05) is 26.7 Å². The molecule has 17 heavy (non-hydrogen) atoms. The van der Waals surface area contributed by atoms with Gasteiger partial charge in [-0.15, -0.1) is 0 Å². The molecule has 0 fully saturated rings. The minimum Gasteiger partial charge on any atom is -0.358 e. The molecule has 0 aromatic rings. The number of amides is 1. The summed E-state index contributed by atoms with van der Waals surface area (Å²) in [7, 11) is 1.40. The third-order valence-corrected chi connectivity index (χ3v) is 2.40. The van der Waals surface area contributed by atoms with Crippen molar-refractivity contribution in [3.05, 3.63) is 0 Å². The molecule has 0 aromatic carbocycles. The highest BCUT2D eigenvalue weighted by Crippen LogP contribution is 2.27. The molecular formula is C10H20F3N3O. The average Bonchev–Trinajstić information content (AvgIpc) is 2.23. The van der Waals surface area contributed by atoms with E-state index in [0.717, 1.165) is 4.90 Å². The summed E-state index contributed by atoms with van der Waals surface area (Å²) in [4.78, 5) is 12.3. The molecule has 0 aliphatic rings. The van der Waals surface area contributed by atoms with Crippen LogP contribution in [0.15, 0.2) is 0 Å². The number of rotatable bonds is 7. The molecule has 0 rings (SSSR count). The van der Waals surface area contributed by atoms with E-state index in [4.69, 9.17) is 5.73 Å². The van der Waals surface area contributed by atoms with Gasteiger partial charge in [0.25, 0.3) is 0 Å². The topological polar surface area (TPSA) is 58.4 Å². The number of likely N-dealkylation sites (N-methyl/N-ethyl adjacent to an activating group) is 1. The minimum atomic E-state index is -4.36. The van der Waals surface area contributed by atoms with Crippen LogP contribution in [0.1, 0.15) is 19.8 Å². The lowest BCUT2D eigenvalue weighted by Crippen LogP contribution is -2.50. The van der Waals surface area contributed by atoms with Gasteiger partial charge < -0.3 is 11.1 Å². The lowest BCUT2D eigenvalue weighted by atomic mass is 10.1. The third kappa shape index (κ3) is 5.88. The van der Waals surface area contributed by atoms with Gasteiger partial charge in [0, 0.05) is 7.05 Å². The van der Waals surface area contributed by atoms with E-state index in [9.17, 15) is 18.0 Å². The SMILES string of the molecule is CCCN(CC(=O)NC)C(CCN)C(F)(F)F. The van der Waals surface area contributed by atoms with E-state index in [2.05, 4.69) is 5.32 Å². The second kappa shape index (κ2) is 7.50. The van der Waals surface area contributed by atoms with Crippen LogP contribution in [-0.2, 0) is 4.79 Å². The standard InChI is InChI=1S/C10H20F3N3O/c1-3-6-16(7-9(17)15-2)8(4-5-14)10(11,12)13/h8H,3-7,14H2,1-2H3,(H,15,17). The lowest BCUT2D eigenvalue weighted by molar-refractivity contribution is -0.185. The molecular weight excluding hydrogens is 235 g/mol. The zero-order chi connectivity index (χ0) is 13.5. The van der Waals surface area contributed by atoms with Gasteiger partial charge in [0.05, 0.1) is 6.54 Å². The molecule has 102 valence electrons. The molecule has 0 aliphatic heterocycles. The molecule has 0 heterocycles. The van der Waals surface area contributed by atoms with E-state index in [1.165, 1.54) is 7.05 Å². The maximum atomic E-state index is 12.8. The van der Waals surface area contributed by atoms with Crippen LogP contribution in [0.3, 0.4) is 0 Å². The van der Waals surface area contributed by atoms with E-state index in [0.29, 0.717) is 6.42 Å². The number of nitrogens with zero attached hydrogens (tertiary/aromatic N) is 1. The summed E-state index contributed by atoms with van der Waals surface area (Å²) < 4.78 is 38.4. The average molecular weight is 255 g/mol. The zero-order valence-electron chi connectivity index (χ0n) is 10.2. The highest BCUT2D eigenvalue weighted by atomic mass is 19.4. The predicted molar refractivity (Wildman–Crippen MR) is 59.4 cm³/mol. The van der Waals surface area contributed by atoms with Crippen LogP contribution in [0.2, 0.25) is 0 Å². The summed E-state index contributed by atoms with van der Waals surface area (Å²) in [6, 6.07) is -1.65. The number of carbonyl (C=O) groups is 1. The van der Waals surface area contributed by atoms with Gasteiger partial charge in [-0.1, -0.05) is 6.92 Å². The van der Waals surface area contributed by atoms with Crippen LogP contribution >= 0.6 is 0 Å². The fourth-order valence-electron chi connectivity index (χ4n) is 1.61. The maximum Gasteiger partial charge on any atom is 0.404 e. The zero-order valence-corrected chi connectivity index (χ0v) is 10.2. The van der Waals surface area contributed by atoms with Gasteiger partial charge in [-0.25, -0.2) is 0 Å². The first-order valence-electron chi connectivity index (χ1n) is 5.58. The van der Waals surface area contributed by atoms with Crippen LogP contribution < -0.4 is 11.1 Å². The largest absolute Gasteiger partial charge is 0.404 e. The molecule has 7 heteroatoms. The van der Waals surface area contributed by atoms with E-state index < -0.39 is 18.1 Å². The van der Waals surface area contributed by atoms with Crippen molar-refractivity contribution >= 4 is 5.91 Å². The third-order valence-electron chi connectivity index (χ3n) is 2.40. The van der Waals surface area contributed by atoms with Gasteiger partial charge in [-0.3, -0.25) is 9.69 Å². The molecule has 1 unspecified atom stereocenters. The molecule has 3 N–H and O–H groups in total. The molecule has 0 saturated heterocycles. The Morgan fingerprint density at radius 1 is 1.47 bits per heavy atom. The van der Waals surface area contributed by atoms with E-state index in [1.807, 2.05) is 0 Å². The smallest absolute Gasteiger partial charge is 0.358 e. The number of nitrogens with one attached hydrogen (secondary N) is 1. The normalized spacial score (nSPS) is 13.8. The first-order valence-corrected chi connectivity index (χ1v) is 5.58. The number of hydrogen-bond donors (Lipinski definition) is 2. The number of nitrogens with two attached hydrogens (primary N) is 1. The van der Waals surface area contributed by atoms with Crippen LogP contribution in [0.4, 0.5) is 13.2 Å². The Morgan fingerprint density at radius 3 is 2.41 bits per heavy atom. The van der Waals surface area contributed by atoms with E-state index in [1.54, 1.807) is 6.92 Å². The first kappa shape index (κ1) is 16.2. The monoisotopic (exact) mass is 255 g/mol. The molecule has 0 radical (unpaired) electrons. The fourth-order valence-corrected chi connectivity index (χ4v) is 1.61. The van der Waals surface area contributed by atoms with Crippen LogP contribution in [0.5, 0.6) is 0 Å². The quantitative estimate of drug-likeness (QED) is 0.705. The summed E-state index contributed by atoms with van der Waals surface area (Å²) in [6.07, 6.45) is -4.00. The molecule has 0 aromatic heterocycles. The van der Waals surface area contributed by atoms with Crippen LogP contribution in [0, 0.1) is 0 Å². The Bertz CT molecular complexity index is 233. The number of hydrogen-bond acceptors (Lipinski definition) is 3. The number of alkyl halides is 3. The molecule has 1 amide bonds. The van der Waals surface area contributed by atoms with Crippen molar-refractivity contribution in [3.63, 3.8) is 0 Å². The van der Waals surface area contributed by atoms with Gasteiger partial charge in [0.1, 0.15) is 6.04 Å². The Labute approximate surface area is 99.3 Å². The summed E-state index contributed by atoms with van der Waals surface area (Å²) in [5.74, 6) is -0.426. The molecule has 0 saturated carbocycles. The van der Waals surface area contributed by atoms with Gasteiger partial charge in [-0.05, 0) is 25.9 Å². The van der Waals surface area contributed by atoms with Gasteiger partial charge in [-0.2, -0.15) is 13.2 Å². The highest BCUT2D eigenvalue weighted by Gasteiger charge is 2.42. The molecule has 4 nitrogen and oxygen atoms in total. The summed E-state index contributed by atoms with van der Waals surface area (Å²) in [5.41, 5.74) is 5.20. The second-order valence-electron chi connectivity index (χ2n) is 3.78. The van der Waals surface area contributed by atoms with Crippen molar-refractivity contribution in [1.82, 2.24) is 10.2 Å².